The van der Waals surface area contributed by atoms with Crippen LogP contribution in [0.2, 0.25) is 0 Å². The minimum absolute atomic E-state index is 0.938. The molecule has 2 heterocycles. The lowest BCUT2D eigenvalue weighted by Gasteiger charge is -1.92. The van der Waals surface area contributed by atoms with Gasteiger partial charge in [0.2, 0.25) is 0 Å². The normalized spacial score (nSPS) is 11.3. The molecule has 0 spiro atoms. The van der Waals surface area contributed by atoms with E-state index >= 15 is 0 Å². The molecule has 2 aromatic heterocycles. The molecule has 0 amide bonds. The van der Waals surface area contributed by atoms with Crippen LogP contribution in [-0.2, 0) is 40.0 Å². The van der Waals surface area contributed by atoms with Crippen LogP contribution in [0.3, 0.4) is 0 Å². The van der Waals surface area contributed by atoms with Gasteiger partial charge in [0, 0.05) is 19.3 Å². The lowest BCUT2D eigenvalue weighted by atomic mass is 10.2. The Morgan fingerprint density at radius 2 is 1.22 bits per heavy atom. The number of aryl methyl sites for hydroxylation is 6. The highest BCUT2D eigenvalue weighted by atomic mass is 15.5. The van der Waals surface area contributed by atoms with E-state index in [9.17, 15) is 0 Å². The Bertz CT molecular complexity index is 546. The van der Waals surface area contributed by atoms with Crippen molar-refractivity contribution in [1.82, 2.24) is 19.8 Å². The molecule has 0 aliphatic rings. The van der Waals surface area contributed by atoms with Crippen LogP contribution in [0.25, 0.3) is 0 Å². The van der Waals surface area contributed by atoms with Crippen LogP contribution in [0.5, 0.6) is 0 Å². The first-order valence-corrected chi connectivity index (χ1v) is 8.99. The average molecular weight is 320 g/mol. The van der Waals surface area contributed by atoms with Gasteiger partial charge in [0.1, 0.15) is 27.2 Å². The summed E-state index contributed by atoms with van der Waals surface area (Å²) in [5.74, 6) is 0. The molecular weight excluding hydrogens is 288 g/mol. The third-order valence-electron chi connectivity index (χ3n) is 4.27. The molecule has 0 saturated carbocycles. The van der Waals surface area contributed by atoms with Gasteiger partial charge < -0.3 is 0 Å². The smallest absolute Gasteiger partial charge is 0.137 e. The first kappa shape index (κ1) is 17.6. The number of hydrogen-bond acceptors (Lipinski definition) is 2. The number of aromatic nitrogens is 6. The fourth-order valence-electron chi connectivity index (χ4n) is 2.80. The van der Waals surface area contributed by atoms with Crippen molar-refractivity contribution in [2.24, 2.45) is 14.1 Å². The molecule has 0 aliphatic carbocycles. The largest absolute Gasteiger partial charge is 0.167 e. The number of rotatable bonds is 10. The molecule has 6 heteroatoms. The van der Waals surface area contributed by atoms with Crippen molar-refractivity contribution in [2.75, 3.05) is 0 Å². The van der Waals surface area contributed by atoms with Crippen LogP contribution in [0.4, 0.5) is 0 Å². The van der Waals surface area contributed by atoms with E-state index in [1.165, 1.54) is 37.1 Å². The molecule has 128 valence electrons. The summed E-state index contributed by atoms with van der Waals surface area (Å²) in [6.45, 7) is 6.33. The topological polar surface area (TPSA) is 43.4 Å². The highest BCUT2D eigenvalue weighted by Crippen LogP contribution is 2.01. The second-order valence-corrected chi connectivity index (χ2v) is 6.35. The molecule has 0 aromatic carbocycles. The lowest BCUT2D eigenvalue weighted by Crippen LogP contribution is -2.41. The maximum atomic E-state index is 4.56. The Kier molecular flexibility index (Phi) is 6.74. The fraction of sp³-hybridized carbons (Fsp3) is 0.765. The number of hydrogen-bond donors (Lipinski definition) is 0. The van der Waals surface area contributed by atoms with Crippen molar-refractivity contribution in [3.63, 3.8) is 0 Å². The second-order valence-electron chi connectivity index (χ2n) is 6.35. The molecule has 6 nitrogen and oxygen atoms in total. The molecule has 0 radical (unpaired) electrons. The highest BCUT2D eigenvalue weighted by molar-refractivity contribution is 4.90. The first-order chi connectivity index (χ1) is 11.1. The van der Waals surface area contributed by atoms with Crippen molar-refractivity contribution in [3.8, 4) is 0 Å². The molecule has 2 aromatic rings. The summed E-state index contributed by atoms with van der Waals surface area (Å²) >= 11 is 0. The van der Waals surface area contributed by atoms with E-state index in [1.807, 2.05) is 23.5 Å². The summed E-state index contributed by atoms with van der Waals surface area (Å²) < 4.78 is 8.14. The fourth-order valence-corrected chi connectivity index (χ4v) is 2.80. The summed E-state index contributed by atoms with van der Waals surface area (Å²) in [6, 6.07) is 0. The molecule has 0 atom stereocenters. The summed E-state index contributed by atoms with van der Waals surface area (Å²) in [6.07, 6.45) is 12.5. The average Bonchev–Trinajstić information content (AvgIpc) is 3.06. The minimum Gasteiger partial charge on any atom is -0.137 e. The van der Waals surface area contributed by atoms with Gasteiger partial charge in [-0.25, -0.2) is 0 Å². The molecule has 0 bridgehead atoms. The molecule has 0 N–H and O–H groups in total. The van der Waals surface area contributed by atoms with Crippen LogP contribution in [0, 0.1) is 0 Å². The summed E-state index contributed by atoms with van der Waals surface area (Å²) in [4.78, 5) is 0. The quantitative estimate of drug-likeness (QED) is 0.623. The number of unbranched alkanes of at least 4 members (excludes halogenated alkanes) is 2. The predicted molar refractivity (Wildman–Crippen MR) is 88.6 cm³/mol. The first-order valence-electron chi connectivity index (χ1n) is 8.99. The van der Waals surface area contributed by atoms with E-state index in [0.717, 1.165) is 32.4 Å². The minimum atomic E-state index is 0.938. The summed E-state index contributed by atoms with van der Waals surface area (Å²) in [5.41, 5.74) is 2.64. The van der Waals surface area contributed by atoms with Gasteiger partial charge in [-0.05, 0) is 12.8 Å². The zero-order valence-corrected chi connectivity index (χ0v) is 15.2. The van der Waals surface area contributed by atoms with Crippen LogP contribution in [-0.4, -0.2) is 19.8 Å². The zero-order chi connectivity index (χ0) is 16.7. The van der Waals surface area contributed by atoms with E-state index in [0.29, 0.717) is 0 Å². The summed E-state index contributed by atoms with van der Waals surface area (Å²) in [7, 11) is 4.07. The van der Waals surface area contributed by atoms with Crippen molar-refractivity contribution >= 4 is 0 Å². The van der Waals surface area contributed by atoms with E-state index < -0.39 is 0 Å². The molecular formula is C17H32N6+2. The van der Waals surface area contributed by atoms with E-state index in [-0.39, 0.29) is 0 Å². The van der Waals surface area contributed by atoms with Gasteiger partial charge in [0.05, 0.1) is 10.4 Å². The number of nitrogens with zero attached hydrogens (tertiary/aromatic N) is 6. The Balaban J connectivity index is 1.83. The molecule has 0 fully saturated rings. The van der Waals surface area contributed by atoms with Crippen LogP contribution in [0.1, 0.15) is 57.3 Å². The maximum absolute atomic E-state index is 4.56. The Hall–Kier alpha value is -1.72. The highest BCUT2D eigenvalue weighted by Gasteiger charge is 2.14. The van der Waals surface area contributed by atoms with Gasteiger partial charge in [0.25, 0.3) is 0 Å². The predicted octanol–water partition coefficient (Wildman–Crippen LogP) is 1.50. The Morgan fingerprint density at radius 1 is 0.783 bits per heavy atom. The van der Waals surface area contributed by atoms with Crippen LogP contribution >= 0.6 is 0 Å². The van der Waals surface area contributed by atoms with E-state index in [1.54, 1.807) is 0 Å². The van der Waals surface area contributed by atoms with Gasteiger partial charge in [0.15, 0.2) is 23.8 Å². The lowest BCUT2D eigenvalue weighted by molar-refractivity contribution is -0.782. The molecule has 0 aliphatic heterocycles. The molecule has 0 saturated heterocycles. The van der Waals surface area contributed by atoms with Crippen LogP contribution < -0.4 is 9.36 Å². The van der Waals surface area contributed by atoms with Gasteiger partial charge in [-0.1, -0.05) is 26.7 Å². The molecule has 23 heavy (non-hydrogen) atoms. The van der Waals surface area contributed by atoms with Gasteiger partial charge in [-0.2, -0.15) is 0 Å². The van der Waals surface area contributed by atoms with Crippen molar-refractivity contribution in [3.05, 3.63) is 23.8 Å². The monoisotopic (exact) mass is 320 g/mol. The maximum Gasteiger partial charge on any atom is 0.167 e. The van der Waals surface area contributed by atoms with Crippen molar-refractivity contribution in [2.45, 2.75) is 71.9 Å². The third-order valence-corrected chi connectivity index (χ3v) is 4.27. The SMILES string of the molecule is CCCCc1c[n+](CCC[n+]2cc(CCCC)n(C)n2)nn1C. The van der Waals surface area contributed by atoms with E-state index in [2.05, 4.69) is 46.0 Å². The summed E-state index contributed by atoms with van der Waals surface area (Å²) in [5, 5.41) is 9.11. The third kappa shape index (κ3) is 5.15. The Labute approximate surface area is 139 Å². The second kappa shape index (κ2) is 8.79. The Morgan fingerprint density at radius 3 is 1.61 bits per heavy atom. The zero-order valence-electron chi connectivity index (χ0n) is 15.2. The molecule has 0 unspecified atom stereocenters. The van der Waals surface area contributed by atoms with Gasteiger partial charge >= 0.3 is 0 Å². The van der Waals surface area contributed by atoms with Crippen molar-refractivity contribution < 1.29 is 9.36 Å². The van der Waals surface area contributed by atoms with Gasteiger partial charge in [-0.15, -0.1) is 18.7 Å². The van der Waals surface area contributed by atoms with E-state index in [4.69, 9.17) is 0 Å². The van der Waals surface area contributed by atoms with Gasteiger partial charge in [-0.3, -0.25) is 0 Å². The standard InChI is InChI=1S/C17H32N6/c1-5-7-10-16-14-22(18-20(16)3)12-9-13-23-15-17(11-8-6-2)21(4)19-23/h14-15H,5-13H2,1-4H3/q+2. The van der Waals surface area contributed by atoms with Crippen molar-refractivity contribution in [1.29, 1.82) is 0 Å². The molecule has 2 rings (SSSR count). The van der Waals surface area contributed by atoms with Crippen LogP contribution in [0.15, 0.2) is 12.4 Å².